The van der Waals surface area contributed by atoms with Crippen molar-refractivity contribution in [3.8, 4) is 11.4 Å². The van der Waals surface area contributed by atoms with Gasteiger partial charge in [0.05, 0.1) is 23.5 Å². The van der Waals surface area contributed by atoms with Crippen molar-refractivity contribution in [2.24, 2.45) is 0 Å². The molecule has 2 aromatic heterocycles. The van der Waals surface area contributed by atoms with E-state index >= 15 is 0 Å². The lowest BCUT2D eigenvalue weighted by Crippen LogP contribution is -2.37. The predicted octanol–water partition coefficient (Wildman–Crippen LogP) is 3.05. The van der Waals surface area contributed by atoms with Gasteiger partial charge < -0.3 is 9.80 Å². The number of amides is 1. The van der Waals surface area contributed by atoms with Crippen LogP contribution in [-0.4, -0.2) is 57.8 Å². The molecular formula is C22H25N5O. The molecule has 6 heteroatoms. The van der Waals surface area contributed by atoms with Crippen molar-refractivity contribution < 1.29 is 4.79 Å². The van der Waals surface area contributed by atoms with Crippen LogP contribution in [0.25, 0.3) is 11.4 Å². The molecule has 0 spiro atoms. The van der Waals surface area contributed by atoms with Crippen molar-refractivity contribution >= 4 is 5.91 Å². The molecule has 0 saturated carbocycles. The van der Waals surface area contributed by atoms with Gasteiger partial charge in [0.1, 0.15) is 0 Å². The summed E-state index contributed by atoms with van der Waals surface area (Å²) in [6.07, 6.45) is 3.38. The molecule has 3 aromatic rings. The minimum atomic E-state index is -0.0791. The smallest absolute Gasteiger partial charge is 0.257 e. The van der Waals surface area contributed by atoms with Gasteiger partial charge in [0.15, 0.2) is 5.82 Å². The fourth-order valence-electron chi connectivity index (χ4n) is 2.83. The second-order valence-corrected chi connectivity index (χ2v) is 6.91. The van der Waals surface area contributed by atoms with Gasteiger partial charge in [0, 0.05) is 31.0 Å². The molecule has 6 nitrogen and oxygen atoms in total. The first-order valence-electron chi connectivity index (χ1n) is 9.27. The van der Waals surface area contributed by atoms with Gasteiger partial charge in [-0.2, -0.15) is 0 Å². The summed E-state index contributed by atoms with van der Waals surface area (Å²) in [5.74, 6) is 0.545. The summed E-state index contributed by atoms with van der Waals surface area (Å²) in [5.41, 5.74) is 2.99. The lowest BCUT2D eigenvalue weighted by Gasteiger charge is -2.24. The van der Waals surface area contributed by atoms with E-state index in [1.54, 1.807) is 17.3 Å². The summed E-state index contributed by atoms with van der Waals surface area (Å²) in [4.78, 5) is 30.4. The molecule has 0 aliphatic heterocycles. The quantitative estimate of drug-likeness (QED) is 0.635. The number of pyridine rings is 1. The third-order valence-corrected chi connectivity index (χ3v) is 4.43. The first kappa shape index (κ1) is 19.6. The molecule has 1 amide bonds. The summed E-state index contributed by atoms with van der Waals surface area (Å²) in [6, 6.07) is 15.5. The molecule has 0 fully saturated rings. The van der Waals surface area contributed by atoms with Crippen LogP contribution in [0.1, 0.15) is 21.7 Å². The third-order valence-electron chi connectivity index (χ3n) is 4.43. The molecule has 144 valence electrons. The van der Waals surface area contributed by atoms with Crippen LogP contribution in [0.5, 0.6) is 0 Å². The van der Waals surface area contributed by atoms with Crippen molar-refractivity contribution in [3.05, 3.63) is 77.9 Å². The number of aromatic nitrogens is 3. The molecule has 0 N–H and O–H groups in total. The van der Waals surface area contributed by atoms with E-state index in [0.717, 1.165) is 17.8 Å². The number of hydrogen-bond donors (Lipinski definition) is 0. The van der Waals surface area contributed by atoms with E-state index in [2.05, 4.69) is 19.9 Å². The third kappa shape index (κ3) is 4.98. The van der Waals surface area contributed by atoms with Gasteiger partial charge >= 0.3 is 0 Å². The molecule has 0 atom stereocenters. The Morgan fingerprint density at radius 1 is 0.964 bits per heavy atom. The first-order chi connectivity index (χ1) is 13.5. The minimum Gasteiger partial charge on any atom is -0.331 e. The highest BCUT2D eigenvalue weighted by atomic mass is 16.2. The fourth-order valence-corrected chi connectivity index (χ4v) is 2.83. The van der Waals surface area contributed by atoms with Crippen molar-refractivity contribution in [2.75, 3.05) is 27.2 Å². The summed E-state index contributed by atoms with van der Waals surface area (Å²) >= 11 is 0. The van der Waals surface area contributed by atoms with Crippen LogP contribution in [0.2, 0.25) is 0 Å². The maximum Gasteiger partial charge on any atom is 0.257 e. The van der Waals surface area contributed by atoms with Crippen molar-refractivity contribution in [3.63, 3.8) is 0 Å². The number of carbonyl (C=O) groups is 1. The molecule has 0 aliphatic rings. The van der Waals surface area contributed by atoms with E-state index in [1.807, 2.05) is 69.6 Å². The van der Waals surface area contributed by atoms with Crippen LogP contribution in [0.3, 0.4) is 0 Å². The molecule has 1 aromatic carbocycles. The summed E-state index contributed by atoms with van der Waals surface area (Å²) < 4.78 is 0. The van der Waals surface area contributed by atoms with Crippen LogP contribution in [-0.2, 0) is 6.54 Å². The molecule has 28 heavy (non-hydrogen) atoms. The second kappa shape index (κ2) is 9.19. The predicted molar refractivity (Wildman–Crippen MR) is 110 cm³/mol. The fraction of sp³-hybridized carbons (Fsp3) is 0.273. The topological polar surface area (TPSA) is 62.2 Å². The van der Waals surface area contributed by atoms with E-state index in [0.29, 0.717) is 30.2 Å². The van der Waals surface area contributed by atoms with Crippen LogP contribution in [0.4, 0.5) is 0 Å². The zero-order valence-corrected chi connectivity index (χ0v) is 16.5. The summed E-state index contributed by atoms with van der Waals surface area (Å²) in [6.45, 7) is 3.67. The van der Waals surface area contributed by atoms with E-state index < -0.39 is 0 Å². The van der Waals surface area contributed by atoms with Crippen LogP contribution in [0.15, 0.2) is 60.9 Å². The Labute approximate surface area is 165 Å². The standard InChI is InChI=1S/C22H25N5O/c1-17-20(15-24-21(25-17)18-9-5-4-6-10-18)22(28)27(14-13-26(2)3)16-19-11-7-8-12-23-19/h4-12,15H,13-14,16H2,1-3H3. The average molecular weight is 375 g/mol. The van der Waals surface area contributed by atoms with Crippen molar-refractivity contribution in [2.45, 2.75) is 13.5 Å². The zero-order valence-electron chi connectivity index (χ0n) is 16.5. The Morgan fingerprint density at radius 3 is 2.36 bits per heavy atom. The largest absolute Gasteiger partial charge is 0.331 e. The van der Waals surface area contributed by atoms with E-state index in [9.17, 15) is 4.79 Å². The number of carbonyl (C=O) groups excluding carboxylic acids is 1. The van der Waals surface area contributed by atoms with Crippen LogP contribution in [0, 0.1) is 6.92 Å². The Kier molecular flexibility index (Phi) is 6.45. The van der Waals surface area contributed by atoms with Gasteiger partial charge in [-0.25, -0.2) is 9.97 Å². The van der Waals surface area contributed by atoms with Crippen LogP contribution < -0.4 is 0 Å². The first-order valence-corrected chi connectivity index (χ1v) is 9.27. The lowest BCUT2D eigenvalue weighted by molar-refractivity contribution is 0.0728. The Morgan fingerprint density at radius 2 is 1.71 bits per heavy atom. The van der Waals surface area contributed by atoms with Gasteiger partial charge in [0.25, 0.3) is 5.91 Å². The minimum absolute atomic E-state index is 0.0791. The molecule has 0 unspecified atom stereocenters. The highest BCUT2D eigenvalue weighted by Gasteiger charge is 2.20. The molecule has 0 saturated heterocycles. The molecule has 0 aliphatic carbocycles. The molecular weight excluding hydrogens is 350 g/mol. The maximum atomic E-state index is 13.2. The lowest BCUT2D eigenvalue weighted by atomic mass is 10.1. The van der Waals surface area contributed by atoms with E-state index in [-0.39, 0.29) is 5.91 Å². The van der Waals surface area contributed by atoms with Crippen molar-refractivity contribution in [1.29, 1.82) is 0 Å². The number of rotatable bonds is 7. The zero-order chi connectivity index (χ0) is 19.9. The normalized spacial score (nSPS) is 10.9. The van der Waals surface area contributed by atoms with Gasteiger partial charge in [-0.1, -0.05) is 36.4 Å². The monoisotopic (exact) mass is 375 g/mol. The Hall–Kier alpha value is -3.12. The Balaban J connectivity index is 1.85. The van der Waals surface area contributed by atoms with E-state index in [1.165, 1.54) is 0 Å². The highest BCUT2D eigenvalue weighted by molar-refractivity contribution is 5.95. The highest BCUT2D eigenvalue weighted by Crippen LogP contribution is 2.17. The van der Waals surface area contributed by atoms with Crippen molar-refractivity contribution in [1.82, 2.24) is 24.8 Å². The SMILES string of the molecule is Cc1nc(-c2ccccc2)ncc1C(=O)N(CCN(C)C)Cc1ccccn1. The molecule has 0 radical (unpaired) electrons. The number of nitrogens with zero attached hydrogens (tertiary/aromatic N) is 5. The van der Waals surface area contributed by atoms with Gasteiger partial charge in [0.2, 0.25) is 0 Å². The average Bonchev–Trinajstić information content (AvgIpc) is 2.72. The van der Waals surface area contributed by atoms with Gasteiger partial charge in [-0.05, 0) is 33.2 Å². The van der Waals surface area contributed by atoms with E-state index in [4.69, 9.17) is 0 Å². The van der Waals surface area contributed by atoms with Crippen LogP contribution >= 0.6 is 0 Å². The van der Waals surface area contributed by atoms with Gasteiger partial charge in [-0.3, -0.25) is 9.78 Å². The summed E-state index contributed by atoms with van der Waals surface area (Å²) in [5, 5.41) is 0. The Bertz CT molecular complexity index is 913. The number of aryl methyl sites for hydroxylation is 1. The summed E-state index contributed by atoms with van der Waals surface area (Å²) in [7, 11) is 3.98. The maximum absolute atomic E-state index is 13.2. The number of hydrogen-bond acceptors (Lipinski definition) is 5. The second-order valence-electron chi connectivity index (χ2n) is 6.91. The number of likely N-dealkylation sites (N-methyl/N-ethyl adjacent to an activating group) is 1. The number of benzene rings is 1. The molecule has 0 bridgehead atoms. The molecule has 3 rings (SSSR count). The van der Waals surface area contributed by atoms with Gasteiger partial charge in [-0.15, -0.1) is 0 Å². The molecule has 2 heterocycles.